The molecule has 1 saturated carbocycles. The highest BCUT2D eigenvalue weighted by atomic mass is 19.4. The van der Waals surface area contributed by atoms with Gasteiger partial charge >= 0.3 is 6.18 Å². The van der Waals surface area contributed by atoms with E-state index in [1.54, 1.807) is 0 Å². The molecule has 1 atom stereocenters. The van der Waals surface area contributed by atoms with Crippen molar-refractivity contribution in [3.05, 3.63) is 34.1 Å². The molecule has 1 aliphatic carbocycles. The number of hydrogen-bond donors (Lipinski definition) is 1. The summed E-state index contributed by atoms with van der Waals surface area (Å²) in [6, 6.07) is 3.19. The number of likely N-dealkylation sites (tertiary alicyclic amines) is 1. The average molecular weight is 437 g/mol. The number of methoxy groups -OCH3 is 1. The highest BCUT2D eigenvalue weighted by Gasteiger charge is 2.32. The maximum absolute atomic E-state index is 13.0. The first-order chi connectivity index (χ1) is 14.8. The molecule has 2 fully saturated rings. The average Bonchev–Trinajstić information content (AvgIpc) is 3.55. The molecule has 4 rings (SSSR count). The molecule has 2 aliphatic rings. The third-order valence-electron chi connectivity index (χ3n) is 5.90. The van der Waals surface area contributed by atoms with Crippen LogP contribution in [0.15, 0.2) is 23.0 Å². The number of piperidine rings is 1. The Morgan fingerprint density at radius 1 is 1.23 bits per heavy atom. The van der Waals surface area contributed by atoms with Gasteiger partial charge in [0.2, 0.25) is 5.82 Å². The molecule has 168 valence electrons. The van der Waals surface area contributed by atoms with Crippen LogP contribution in [0.2, 0.25) is 0 Å². The second-order valence-electron chi connectivity index (χ2n) is 8.34. The van der Waals surface area contributed by atoms with Gasteiger partial charge in [-0.2, -0.15) is 13.2 Å². The van der Waals surface area contributed by atoms with Gasteiger partial charge < -0.3 is 15.0 Å². The lowest BCUT2D eigenvalue weighted by Crippen LogP contribution is -2.44. The molecule has 0 spiro atoms. The minimum atomic E-state index is -4.50. The van der Waals surface area contributed by atoms with Crippen LogP contribution in [0, 0.1) is 5.92 Å². The zero-order valence-corrected chi connectivity index (χ0v) is 17.6. The summed E-state index contributed by atoms with van der Waals surface area (Å²) in [5, 5.41) is 11.4. The van der Waals surface area contributed by atoms with Crippen molar-refractivity contribution in [3.63, 3.8) is 0 Å². The topological polar surface area (TPSA) is 72.3 Å². The molecule has 7 nitrogen and oxygen atoms in total. The Bertz CT molecular complexity index is 1000. The van der Waals surface area contributed by atoms with Crippen molar-refractivity contribution in [3.8, 4) is 17.1 Å². The number of rotatable bonds is 6. The van der Waals surface area contributed by atoms with Crippen LogP contribution in [0.4, 0.5) is 19.0 Å². The van der Waals surface area contributed by atoms with Crippen LogP contribution in [0.5, 0.6) is 5.75 Å². The molecule has 10 heteroatoms. The summed E-state index contributed by atoms with van der Waals surface area (Å²) >= 11 is 0. The number of benzene rings is 1. The quantitative estimate of drug-likeness (QED) is 0.749. The Morgan fingerprint density at radius 2 is 2.00 bits per heavy atom. The van der Waals surface area contributed by atoms with Crippen molar-refractivity contribution in [1.82, 2.24) is 19.7 Å². The van der Waals surface area contributed by atoms with Gasteiger partial charge in [0.25, 0.3) is 5.56 Å². The van der Waals surface area contributed by atoms with Crippen molar-refractivity contribution < 1.29 is 17.9 Å². The lowest BCUT2D eigenvalue weighted by molar-refractivity contribution is -0.137. The minimum absolute atomic E-state index is 0.0252. The number of nitrogens with zero attached hydrogens (tertiary/aromatic N) is 4. The first-order valence-corrected chi connectivity index (χ1v) is 10.4. The van der Waals surface area contributed by atoms with E-state index in [2.05, 4.69) is 20.4 Å². The lowest BCUT2D eigenvalue weighted by atomic mass is 10.1. The van der Waals surface area contributed by atoms with Gasteiger partial charge in [0.15, 0.2) is 5.82 Å². The molecule has 31 heavy (non-hydrogen) atoms. The fourth-order valence-electron chi connectivity index (χ4n) is 4.04. The fraction of sp³-hybridized carbons (Fsp3) is 0.571. The van der Waals surface area contributed by atoms with Crippen LogP contribution in [-0.4, -0.2) is 52.5 Å². The number of anilines is 1. The summed E-state index contributed by atoms with van der Waals surface area (Å²) in [4.78, 5) is 15.3. The van der Waals surface area contributed by atoms with E-state index < -0.39 is 11.7 Å². The summed E-state index contributed by atoms with van der Waals surface area (Å²) in [5.74, 6) is 1.07. The van der Waals surface area contributed by atoms with Gasteiger partial charge in [0.05, 0.1) is 18.2 Å². The number of alkyl halides is 3. The maximum atomic E-state index is 13.0. The Labute approximate surface area is 178 Å². The highest BCUT2D eigenvalue weighted by molar-refractivity contribution is 5.65. The van der Waals surface area contributed by atoms with E-state index in [4.69, 9.17) is 4.74 Å². The molecule has 0 radical (unpaired) electrons. The van der Waals surface area contributed by atoms with Crippen molar-refractivity contribution in [2.24, 2.45) is 13.0 Å². The zero-order chi connectivity index (χ0) is 22.2. The number of hydrogen-bond acceptors (Lipinski definition) is 6. The van der Waals surface area contributed by atoms with E-state index >= 15 is 0 Å². The molecule has 1 saturated heterocycles. The van der Waals surface area contributed by atoms with Crippen LogP contribution < -0.4 is 15.6 Å². The fourth-order valence-corrected chi connectivity index (χ4v) is 4.04. The second kappa shape index (κ2) is 8.49. The monoisotopic (exact) mass is 437 g/mol. The Kier molecular flexibility index (Phi) is 5.92. The van der Waals surface area contributed by atoms with E-state index in [0.717, 1.165) is 50.5 Å². The summed E-state index contributed by atoms with van der Waals surface area (Å²) in [7, 11) is 2.80. The van der Waals surface area contributed by atoms with Gasteiger partial charge in [-0.15, -0.1) is 10.2 Å². The van der Waals surface area contributed by atoms with E-state index in [9.17, 15) is 18.0 Å². The number of nitrogens with one attached hydrogen (secondary N) is 1. The van der Waals surface area contributed by atoms with Crippen LogP contribution in [-0.2, 0) is 13.2 Å². The molecule has 0 amide bonds. The highest BCUT2D eigenvalue weighted by Crippen LogP contribution is 2.36. The van der Waals surface area contributed by atoms with Crippen molar-refractivity contribution in [2.45, 2.75) is 37.9 Å². The predicted octanol–water partition coefficient (Wildman–Crippen LogP) is 3.16. The van der Waals surface area contributed by atoms with Crippen LogP contribution in [0.3, 0.4) is 0 Å². The standard InChI is InChI=1S/C21H26F3N5O2/c1-28-19(16-8-7-14(21(22,23)24)10-17(16)31-2)27-26-18(20(28)30)25-15-4-3-9-29(12-15)11-13-5-6-13/h7-8,10,13,15H,3-6,9,11-12H2,1-2H3,(H,25,26). The molecular formula is C21H26F3N5O2. The van der Waals surface area contributed by atoms with Crippen molar-refractivity contribution in [2.75, 3.05) is 32.1 Å². The summed E-state index contributed by atoms with van der Waals surface area (Å²) in [6.07, 6.45) is 0.106. The van der Waals surface area contributed by atoms with Gasteiger partial charge in [-0.05, 0) is 56.3 Å². The number of ether oxygens (including phenoxy) is 1. The van der Waals surface area contributed by atoms with Crippen LogP contribution in [0.25, 0.3) is 11.4 Å². The normalized spacial score (nSPS) is 20.0. The van der Waals surface area contributed by atoms with Crippen LogP contribution >= 0.6 is 0 Å². The molecule has 1 N–H and O–H groups in total. The van der Waals surface area contributed by atoms with Gasteiger partial charge in [-0.25, -0.2) is 0 Å². The van der Waals surface area contributed by atoms with Crippen molar-refractivity contribution in [1.29, 1.82) is 0 Å². The largest absolute Gasteiger partial charge is 0.496 e. The molecule has 2 heterocycles. The Hall–Kier alpha value is -2.62. The lowest BCUT2D eigenvalue weighted by Gasteiger charge is -2.33. The van der Waals surface area contributed by atoms with E-state index in [1.807, 2.05) is 0 Å². The van der Waals surface area contributed by atoms with Gasteiger partial charge in [0, 0.05) is 26.2 Å². The van der Waals surface area contributed by atoms with Crippen LogP contribution in [0.1, 0.15) is 31.2 Å². The second-order valence-corrected chi connectivity index (χ2v) is 8.34. The Morgan fingerprint density at radius 3 is 2.68 bits per heavy atom. The third-order valence-corrected chi connectivity index (χ3v) is 5.90. The molecular weight excluding hydrogens is 411 g/mol. The molecule has 1 aromatic carbocycles. The SMILES string of the molecule is COc1cc(C(F)(F)F)ccc1-c1nnc(NC2CCCN(CC3CC3)C2)c(=O)n1C. The zero-order valence-electron chi connectivity index (χ0n) is 17.6. The van der Waals surface area contributed by atoms with Gasteiger partial charge in [-0.1, -0.05) is 0 Å². The number of aromatic nitrogens is 3. The van der Waals surface area contributed by atoms with Gasteiger partial charge in [-0.3, -0.25) is 9.36 Å². The molecule has 1 unspecified atom stereocenters. The Balaban J connectivity index is 1.55. The summed E-state index contributed by atoms with van der Waals surface area (Å²) in [5.41, 5.74) is -0.953. The first kappa shape index (κ1) is 21.6. The van der Waals surface area contributed by atoms with E-state index in [-0.39, 0.29) is 34.6 Å². The van der Waals surface area contributed by atoms with E-state index in [1.165, 1.54) is 37.6 Å². The number of halogens is 3. The maximum Gasteiger partial charge on any atom is 0.416 e. The smallest absolute Gasteiger partial charge is 0.416 e. The molecule has 0 bridgehead atoms. The van der Waals surface area contributed by atoms with E-state index in [0.29, 0.717) is 0 Å². The summed E-state index contributed by atoms with van der Waals surface area (Å²) in [6.45, 7) is 3.04. The predicted molar refractivity (Wildman–Crippen MR) is 110 cm³/mol. The third kappa shape index (κ3) is 4.84. The van der Waals surface area contributed by atoms with Gasteiger partial charge in [0.1, 0.15) is 5.75 Å². The molecule has 1 aliphatic heterocycles. The molecule has 1 aromatic heterocycles. The summed E-state index contributed by atoms with van der Waals surface area (Å²) < 4.78 is 45.4. The molecule has 2 aromatic rings. The first-order valence-electron chi connectivity index (χ1n) is 10.4. The minimum Gasteiger partial charge on any atom is -0.496 e. The van der Waals surface area contributed by atoms with Crippen molar-refractivity contribution >= 4 is 5.82 Å².